The van der Waals surface area contributed by atoms with E-state index in [9.17, 15) is 0 Å². The van der Waals surface area contributed by atoms with E-state index in [2.05, 4.69) is 11.8 Å². The Morgan fingerprint density at radius 1 is 1.36 bits per heavy atom. The molecule has 1 aliphatic carbocycles. The van der Waals surface area contributed by atoms with Crippen molar-refractivity contribution in [3.63, 3.8) is 0 Å². The van der Waals surface area contributed by atoms with Crippen molar-refractivity contribution in [2.24, 2.45) is 0 Å². The van der Waals surface area contributed by atoms with Crippen LogP contribution in [0.3, 0.4) is 0 Å². The first-order valence-corrected chi connectivity index (χ1v) is 4.55. The topological polar surface area (TPSA) is 12.5 Å². The van der Waals surface area contributed by atoms with Gasteiger partial charge in [0.1, 0.15) is 0 Å². The molecule has 1 heterocycles. The van der Waals surface area contributed by atoms with Crippen molar-refractivity contribution < 1.29 is 4.74 Å². The molecule has 0 spiro atoms. The van der Waals surface area contributed by atoms with E-state index in [0.29, 0.717) is 0 Å². The van der Waals surface area contributed by atoms with Crippen LogP contribution in [-0.4, -0.2) is 36.7 Å². The molecule has 2 fully saturated rings. The Labute approximate surface area is 68.5 Å². The lowest BCUT2D eigenvalue weighted by molar-refractivity contribution is -0.0355. The Bertz CT molecular complexity index is 134. The molecule has 1 saturated heterocycles. The minimum Gasteiger partial charge on any atom is -0.376 e. The summed E-state index contributed by atoms with van der Waals surface area (Å²) in [7, 11) is 0. The molecule has 1 radical (unpaired) electrons. The van der Waals surface area contributed by atoms with E-state index >= 15 is 0 Å². The zero-order valence-electron chi connectivity index (χ0n) is 6.96. The molecule has 0 aromatic carbocycles. The highest BCUT2D eigenvalue weighted by Crippen LogP contribution is 2.25. The quantitative estimate of drug-likeness (QED) is 0.560. The van der Waals surface area contributed by atoms with Crippen LogP contribution < -0.4 is 0 Å². The summed E-state index contributed by atoms with van der Waals surface area (Å²) >= 11 is 0. The van der Waals surface area contributed by atoms with Gasteiger partial charge in [-0.05, 0) is 19.8 Å². The zero-order chi connectivity index (χ0) is 7.68. The lowest BCUT2D eigenvalue weighted by Crippen LogP contribution is -2.49. The number of ether oxygens (including phenoxy) is 1. The van der Waals surface area contributed by atoms with Crippen LogP contribution in [0, 0.1) is 6.92 Å². The van der Waals surface area contributed by atoms with Crippen LogP contribution >= 0.6 is 0 Å². The minimum absolute atomic E-state index is 0.212. The van der Waals surface area contributed by atoms with Crippen LogP contribution in [0.4, 0.5) is 0 Å². The molecule has 2 aliphatic rings. The Morgan fingerprint density at radius 2 is 2.18 bits per heavy atom. The molecule has 0 bridgehead atoms. The molecule has 1 atom stereocenters. The first-order valence-electron chi connectivity index (χ1n) is 4.55. The first-order chi connectivity index (χ1) is 5.36. The average Bonchev–Trinajstić information content (AvgIpc) is 1.83. The third-order valence-corrected chi connectivity index (χ3v) is 2.76. The normalized spacial score (nSPS) is 35.2. The molecule has 0 aromatic heterocycles. The van der Waals surface area contributed by atoms with Gasteiger partial charge in [0.15, 0.2) is 0 Å². The van der Waals surface area contributed by atoms with Gasteiger partial charge in [0.2, 0.25) is 0 Å². The summed E-state index contributed by atoms with van der Waals surface area (Å²) in [5.41, 5.74) is 0. The largest absolute Gasteiger partial charge is 0.376 e. The van der Waals surface area contributed by atoms with Crippen molar-refractivity contribution in [3.05, 3.63) is 6.92 Å². The Kier molecular flexibility index (Phi) is 2.14. The van der Waals surface area contributed by atoms with Crippen LogP contribution in [-0.2, 0) is 4.74 Å². The molecular weight excluding hydrogens is 138 g/mol. The van der Waals surface area contributed by atoms with Crippen LogP contribution in [0.25, 0.3) is 0 Å². The fraction of sp³-hybridized carbons (Fsp3) is 0.889. The third kappa shape index (κ3) is 1.57. The predicted octanol–water partition coefficient (Wildman–Crippen LogP) is 1.07. The van der Waals surface area contributed by atoms with Gasteiger partial charge in [-0.2, -0.15) is 0 Å². The van der Waals surface area contributed by atoms with Crippen LogP contribution in [0.1, 0.15) is 19.3 Å². The summed E-state index contributed by atoms with van der Waals surface area (Å²) in [5.74, 6) is 0. The van der Waals surface area contributed by atoms with E-state index in [4.69, 9.17) is 4.74 Å². The van der Waals surface area contributed by atoms with Crippen molar-refractivity contribution >= 4 is 0 Å². The van der Waals surface area contributed by atoms with Gasteiger partial charge in [-0.3, -0.25) is 4.90 Å². The third-order valence-electron chi connectivity index (χ3n) is 2.76. The van der Waals surface area contributed by atoms with Gasteiger partial charge in [-0.15, -0.1) is 0 Å². The summed E-state index contributed by atoms with van der Waals surface area (Å²) < 4.78 is 5.37. The second-order valence-corrected chi connectivity index (χ2v) is 3.57. The second kappa shape index (κ2) is 3.11. The lowest BCUT2D eigenvalue weighted by Gasteiger charge is -2.41. The summed E-state index contributed by atoms with van der Waals surface area (Å²) in [6.45, 7) is 6.97. The molecule has 0 N–H and O–H groups in total. The first kappa shape index (κ1) is 7.56. The Morgan fingerprint density at radius 3 is 2.73 bits per heavy atom. The van der Waals surface area contributed by atoms with Gasteiger partial charge in [0.05, 0.1) is 12.7 Å². The number of morpholine rings is 1. The van der Waals surface area contributed by atoms with Crippen molar-refractivity contribution in [2.75, 3.05) is 19.7 Å². The van der Waals surface area contributed by atoms with Crippen LogP contribution in [0.15, 0.2) is 0 Å². The maximum atomic E-state index is 5.37. The predicted molar refractivity (Wildman–Crippen MR) is 44.3 cm³/mol. The maximum Gasteiger partial charge on any atom is 0.0703 e. The van der Waals surface area contributed by atoms with E-state index in [0.717, 1.165) is 25.7 Å². The molecule has 1 saturated carbocycles. The molecule has 63 valence electrons. The van der Waals surface area contributed by atoms with Gasteiger partial charge >= 0.3 is 0 Å². The highest BCUT2D eigenvalue weighted by molar-refractivity contribution is 4.84. The molecule has 1 unspecified atom stereocenters. The van der Waals surface area contributed by atoms with E-state index in [1.165, 1.54) is 19.3 Å². The summed E-state index contributed by atoms with van der Waals surface area (Å²) in [5, 5.41) is 0. The lowest BCUT2D eigenvalue weighted by atomic mass is 9.91. The smallest absolute Gasteiger partial charge is 0.0703 e. The standard InChI is InChI=1S/C9H16NO/c1-8-7-10(5-6-11-8)9-3-2-4-9/h8-9H,1-7H2. The molecule has 2 heteroatoms. The van der Waals surface area contributed by atoms with Gasteiger partial charge in [0, 0.05) is 19.1 Å². The summed E-state index contributed by atoms with van der Waals surface area (Å²) in [4.78, 5) is 2.53. The van der Waals surface area contributed by atoms with E-state index in [-0.39, 0.29) is 6.10 Å². The fourth-order valence-electron chi connectivity index (χ4n) is 1.83. The number of hydrogen-bond donors (Lipinski definition) is 0. The average molecular weight is 154 g/mol. The van der Waals surface area contributed by atoms with E-state index in [1.807, 2.05) is 0 Å². The SMILES string of the molecule is [CH2]C1CN(C2CCC2)CCO1. The molecule has 0 amide bonds. The summed E-state index contributed by atoms with van der Waals surface area (Å²) in [6, 6.07) is 0.864. The zero-order valence-corrected chi connectivity index (χ0v) is 6.96. The molecular formula is C9H16NO. The maximum absolute atomic E-state index is 5.37. The van der Waals surface area contributed by atoms with Crippen LogP contribution in [0.2, 0.25) is 0 Å². The fourth-order valence-corrected chi connectivity index (χ4v) is 1.83. The van der Waals surface area contributed by atoms with Crippen molar-refractivity contribution in [1.82, 2.24) is 4.90 Å². The van der Waals surface area contributed by atoms with Gasteiger partial charge in [-0.25, -0.2) is 0 Å². The molecule has 2 nitrogen and oxygen atoms in total. The number of nitrogens with zero attached hydrogens (tertiary/aromatic N) is 1. The van der Waals surface area contributed by atoms with Crippen molar-refractivity contribution in [3.8, 4) is 0 Å². The minimum atomic E-state index is 0.212. The highest BCUT2D eigenvalue weighted by Gasteiger charge is 2.28. The van der Waals surface area contributed by atoms with Gasteiger partial charge < -0.3 is 4.74 Å². The monoisotopic (exact) mass is 154 g/mol. The molecule has 11 heavy (non-hydrogen) atoms. The Balaban J connectivity index is 1.82. The molecule has 0 aromatic rings. The Hall–Kier alpha value is -0.0800. The van der Waals surface area contributed by atoms with Crippen molar-refractivity contribution in [1.29, 1.82) is 0 Å². The molecule has 1 aliphatic heterocycles. The van der Waals surface area contributed by atoms with Gasteiger partial charge in [0.25, 0.3) is 0 Å². The summed E-state index contributed by atoms with van der Waals surface area (Å²) in [6.07, 6.45) is 4.42. The van der Waals surface area contributed by atoms with Crippen molar-refractivity contribution in [2.45, 2.75) is 31.4 Å². The van der Waals surface area contributed by atoms with Crippen LogP contribution in [0.5, 0.6) is 0 Å². The highest BCUT2D eigenvalue weighted by atomic mass is 16.5. The van der Waals surface area contributed by atoms with E-state index < -0.39 is 0 Å². The number of rotatable bonds is 1. The molecule has 2 rings (SSSR count). The number of hydrogen-bond acceptors (Lipinski definition) is 2. The van der Waals surface area contributed by atoms with Gasteiger partial charge in [-0.1, -0.05) is 6.42 Å². The van der Waals surface area contributed by atoms with E-state index in [1.54, 1.807) is 0 Å². The second-order valence-electron chi connectivity index (χ2n) is 3.57.